The highest BCUT2D eigenvalue weighted by Crippen LogP contribution is 2.37. The summed E-state index contributed by atoms with van der Waals surface area (Å²) in [5, 5.41) is 17.3. The normalized spacial score (nSPS) is 11.8. The van der Waals surface area contributed by atoms with Crippen LogP contribution in [0.15, 0.2) is 158 Å². The molecule has 8 aromatic rings. The number of fused-ring (bicyclic) bond motifs is 4. The molecule has 8 rings (SSSR count). The summed E-state index contributed by atoms with van der Waals surface area (Å²) in [6, 6.07) is 56.3. The standard InChI is InChI=1S/C45H31N/c1-30-37(27-28-46)45(35-23-19-32(20-24-35)31-11-3-2-4-12-31)42-18-10-9-17-41(42)44(30)34-25-21-33(22-26-34)43-29-36-13-5-6-14-38(36)39-15-7-8-16-40(39)43/h2-29,46H,1H2/b37-27+,46-28?. The van der Waals surface area contributed by atoms with Gasteiger partial charge in [0.25, 0.3) is 0 Å². The highest BCUT2D eigenvalue weighted by molar-refractivity contribution is 6.14. The molecule has 0 spiro atoms. The molecule has 0 aromatic heterocycles. The van der Waals surface area contributed by atoms with Crippen molar-refractivity contribution in [2.45, 2.75) is 0 Å². The van der Waals surface area contributed by atoms with Crippen molar-refractivity contribution < 1.29 is 0 Å². The SMILES string of the molecule is C=c1c(-c2ccc(-c3cc4ccccc4c4ccccc34)cc2)c2ccccc2c(-c2ccc(-c3ccccc3)cc2)/c1=C/C=N. The van der Waals surface area contributed by atoms with E-state index in [1.165, 1.54) is 50.0 Å². The summed E-state index contributed by atoms with van der Waals surface area (Å²) in [5.74, 6) is 0. The highest BCUT2D eigenvalue weighted by Gasteiger charge is 2.15. The lowest BCUT2D eigenvalue weighted by atomic mass is 9.87. The number of hydrogen-bond acceptors (Lipinski definition) is 1. The van der Waals surface area contributed by atoms with E-state index in [2.05, 4.69) is 158 Å². The first kappa shape index (κ1) is 27.5. The Bertz CT molecular complexity index is 2520. The van der Waals surface area contributed by atoms with Gasteiger partial charge in [0.2, 0.25) is 0 Å². The Morgan fingerprint density at radius 1 is 0.413 bits per heavy atom. The third kappa shape index (κ3) is 4.62. The van der Waals surface area contributed by atoms with E-state index in [1.54, 1.807) is 0 Å². The molecule has 0 unspecified atom stereocenters. The fraction of sp³-hybridized carbons (Fsp3) is 0. The second kappa shape index (κ2) is 11.5. The summed E-state index contributed by atoms with van der Waals surface area (Å²) >= 11 is 0. The zero-order valence-electron chi connectivity index (χ0n) is 25.4. The van der Waals surface area contributed by atoms with Crippen LogP contribution in [0.1, 0.15) is 0 Å². The van der Waals surface area contributed by atoms with Gasteiger partial charge in [0.1, 0.15) is 0 Å². The van der Waals surface area contributed by atoms with Gasteiger partial charge >= 0.3 is 0 Å². The van der Waals surface area contributed by atoms with Crippen molar-refractivity contribution in [2.24, 2.45) is 0 Å². The Morgan fingerprint density at radius 2 is 0.891 bits per heavy atom. The topological polar surface area (TPSA) is 23.9 Å². The van der Waals surface area contributed by atoms with E-state index in [0.717, 1.165) is 43.5 Å². The van der Waals surface area contributed by atoms with Crippen molar-refractivity contribution in [3.8, 4) is 44.5 Å². The molecule has 0 aliphatic rings. The molecule has 0 atom stereocenters. The van der Waals surface area contributed by atoms with Crippen LogP contribution >= 0.6 is 0 Å². The van der Waals surface area contributed by atoms with Crippen LogP contribution < -0.4 is 10.4 Å². The van der Waals surface area contributed by atoms with Crippen LogP contribution in [0.4, 0.5) is 0 Å². The van der Waals surface area contributed by atoms with Crippen LogP contribution in [0.3, 0.4) is 0 Å². The average Bonchev–Trinajstić information content (AvgIpc) is 3.12. The van der Waals surface area contributed by atoms with Crippen molar-refractivity contribution in [1.82, 2.24) is 0 Å². The summed E-state index contributed by atoms with van der Waals surface area (Å²) in [6.45, 7) is 4.64. The number of nitrogens with one attached hydrogen (secondary N) is 1. The van der Waals surface area contributed by atoms with Crippen LogP contribution in [0.2, 0.25) is 0 Å². The van der Waals surface area contributed by atoms with Crippen LogP contribution in [0.5, 0.6) is 0 Å². The average molecular weight is 586 g/mol. The maximum Gasteiger partial charge on any atom is 0.0184 e. The van der Waals surface area contributed by atoms with E-state index in [9.17, 15) is 0 Å². The third-order valence-corrected chi connectivity index (χ3v) is 9.15. The molecule has 0 fully saturated rings. The van der Waals surface area contributed by atoms with Crippen LogP contribution in [-0.2, 0) is 0 Å². The van der Waals surface area contributed by atoms with E-state index in [1.807, 2.05) is 12.1 Å². The molecule has 0 aliphatic heterocycles. The highest BCUT2D eigenvalue weighted by atomic mass is 14.3. The van der Waals surface area contributed by atoms with E-state index in [0.29, 0.717) is 0 Å². The summed E-state index contributed by atoms with van der Waals surface area (Å²) < 4.78 is 0. The summed E-state index contributed by atoms with van der Waals surface area (Å²) in [7, 11) is 0. The fourth-order valence-electron chi connectivity index (χ4n) is 6.99. The monoisotopic (exact) mass is 585 g/mol. The van der Waals surface area contributed by atoms with Crippen LogP contribution in [0.25, 0.3) is 89.5 Å². The minimum atomic E-state index is 0.924. The lowest BCUT2D eigenvalue weighted by Crippen LogP contribution is -2.28. The molecule has 0 saturated heterocycles. The second-order valence-corrected chi connectivity index (χ2v) is 11.7. The molecule has 0 amide bonds. The third-order valence-electron chi connectivity index (χ3n) is 9.15. The predicted molar refractivity (Wildman–Crippen MR) is 199 cm³/mol. The van der Waals surface area contributed by atoms with Gasteiger partial charge in [-0.3, -0.25) is 0 Å². The Balaban J connectivity index is 1.29. The van der Waals surface area contributed by atoms with Gasteiger partial charge < -0.3 is 5.41 Å². The zero-order valence-corrected chi connectivity index (χ0v) is 25.4. The van der Waals surface area contributed by atoms with Gasteiger partial charge in [-0.05, 0) is 99.4 Å². The van der Waals surface area contributed by atoms with Gasteiger partial charge in [-0.1, -0.05) is 158 Å². The zero-order chi connectivity index (χ0) is 31.0. The van der Waals surface area contributed by atoms with E-state index < -0.39 is 0 Å². The summed E-state index contributed by atoms with van der Waals surface area (Å²) in [6.07, 6.45) is 3.26. The maximum absolute atomic E-state index is 8.06. The molecule has 0 radical (unpaired) electrons. The number of benzene rings is 8. The molecule has 1 nitrogen and oxygen atoms in total. The minimum Gasteiger partial charge on any atom is -0.309 e. The quantitative estimate of drug-likeness (QED) is 0.153. The van der Waals surface area contributed by atoms with Gasteiger partial charge in [-0.2, -0.15) is 0 Å². The first-order chi connectivity index (χ1) is 22.7. The molecule has 1 heteroatoms. The molecule has 0 saturated carbocycles. The summed E-state index contributed by atoms with van der Waals surface area (Å²) in [4.78, 5) is 0. The molecule has 46 heavy (non-hydrogen) atoms. The molecule has 1 N–H and O–H groups in total. The molecular formula is C45H31N. The van der Waals surface area contributed by atoms with E-state index in [4.69, 9.17) is 5.41 Å². The molecule has 216 valence electrons. The Hall–Kier alpha value is -6.05. The predicted octanol–water partition coefficient (Wildman–Crippen LogP) is 10.7. The molecular weight excluding hydrogens is 555 g/mol. The number of rotatable bonds is 5. The van der Waals surface area contributed by atoms with Crippen LogP contribution in [0, 0.1) is 5.41 Å². The first-order valence-electron chi connectivity index (χ1n) is 15.6. The van der Waals surface area contributed by atoms with Gasteiger partial charge in [-0.15, -0.1) is 0 Å². The van der Waals surface area contributed by atoms with Crippen molar-refractivity contribution >= 4 is 51.2 Å². The molecule has 8 aromatic carbocycles. The van der Waals surface area contributed by atoms with Gasteiger partial charge in [0, 0.05) is 6.21 Å². The van der Waals surface area contributed by atoms with E-state index >= 15 is 0 Å². The van der Waals surface area contributed by atoms with Crippen LogP contribution in [-0.4, -0.2) is 6.21 Å². The lowest BCUT2D eigenvalue weighted by Gasteiger charge is -2.16. The van der Waals surface area contributed by atoms with Gasteiger partial charge in [-0.25, -0.2) is 0 Å². The Kier molecular flexibility index (Phi) is 6.85. The number of hydrogen-bond donors (Lipinski definition) is 1. The van der Waals surface area contributed by atoms with E-state index in [-0.39, 0.29) is 0 Å². The van der Waals surface area contributed by atoms with Crippen molar-refractivity contribution in [3.05, 3.63) is 168 Å². The van der Waals surface area contributed by atoms with Crippen molar-refractivity contribution in [1.29, 1.82) is 5.41 Å². The molecule has 0 heterocycles. The lowest BCUT2D eigenvalue weighted by molar-refractivity contribution is 1.52. The van der Waals surface area contributed by atoms with Gasteiger partial charge in [0.15, 0.2) is 0 Å². The fourth-order valence-corrected chi connectivity index (χ4v) is 6.99. The smallest absolute Gasteiger partial charge is 0.0184 e. The Labute approximate surface area is 268 Å². The van der Waals surface area contributed by atoms with Crippen molar-refractivity contribution in [2.75, 3.05) is 0 Å². The second-order valence-electron chi connectivity index (χ2n) is 11.7. The summed E-state index contributed by atoms with van der Waals surface area (Å²) in [5.41, 5.74) is 9.21. The molecule has 0 bridgehead atoms. The largest absolute Gasteiger partial charge is 0.309 e. The first-order valence-corrected chi connectivity index (χ1v) is 15.6. The Morgan fingerprint density at radius 3 is 1.57 bits per heavy atom. The molecule has 0 aliphatic carbocycles. The maximum atomic E-state index is 8.06. The van der Waals surface area contributed by atoms with Gasteiger partial charge in [0.05, 0.1) is 0 Å². The van der Waals surface area contributed by atoms with Crippen molar-refractivity contribution in [3.63, 3.8) is 0 Å². The minimum absolute atomic E-state index is 0.924.